The molecular weight excluding hydrogens is 330 g/mol. The number of aryl methyl sites for hydroxylation is 1. The molecule has 2 aromatic carbocycles. The number of ether oxygens (including phenoxy) is 2. The van der Waals surface area contributed by atoms with Crippen LogP contribution >= 0.6 is 15.9 Å². The molecule has 0 heterocycles. The molecule has 0 aliphatic heterocycles. The molecule has 0 aliphatic rings. The normalized spacial score (nSPS) is 10.5. The number of benzene rings is 2. The predicted octanol–water partition coefficient (Wildman–Crippen LogP) is 4.19. The summed E-state index contributed by atoms with van der Waals surface area (Å²) in [6, 6.07) is 12.2. The first kappa shape index (κ1) is 15.9. The summed E-state index contributed by atoms with van der Waals surface area (Å²) in [6.07, 6.45) is 0. The van der Waals surface area contributed by atoms with Crippen LogP contribution in [0.5, 0.6) is 11.5 Å². The average Bonchev–Trinajstić information content (AvgIpc) is 2.48. The van der Waals surface area contributed by atoms with Gasteiger partial charge in [0.05, 0.1) is 11.1 Å². The van der Waals surface area contributed by atoms with Gasteiger partial charge in [-0.25, -0.2) is 0 Å². The number of hydrogen-bond donors (Lipinski definition) is 1. The van der Waals surface area contributed by atoms with E-state index in [9.17, 15) is 0 Å². The molecular formula is C17H20BrNO2. The Hall–Kier alpha value is -1.52. The molecule has 0 unspecified atom stereocenters. The quantitative estimate of drug-likeness (QED) is 0.850. The minimum Gasteiger partial charge on any atom is -0.490 e. The van der Waals surface area contributed by atoms with Crippen molar-refractivity contribution < 1.29 is 9.47 Å². The van der Waals surface area contributed by atoms with Crippen LogP contribution in [0.15, 0.2) is 40.9 Å². The van der Waals surface area contributed by atoms with Crippen molar-refractivity contribution in [2.45, 2.75) is 27.0 Å². The van der Waals surface area contributed by atoms with Gasteiger partial charge in [-0.05, 0) is 53.0 Å². The maximum atomic E-state index is 5.93. The lowest BCUT2D eigenvalue weighted by molar-refractivity contribution is 0.267. The molecule has 0 radical (unpaired) electrons. The molecule has 0 saturated carbocycles. The number of nitrogens with two attached hydrogens (primary N) is 1. The second-order valence-corrected chi connectivity index (χ2v) is 5.67. The lowest BCUT2D eigenvalue weighted by Gasteiger charge is -2.15. The van der Waals surface area contributed by atoms with E-state index >= 15 is 0 Å². The van der Waals surface area contributed by atoms with Crippen LogP contribution in [-0.4, -0.2) is 6.61 Å². The van der Waals surface area contributed by atoms with Gasteiger partial charge in [0.1, 0.15) is 6.61 Å². The Bertz CT molecular complexity index is 596. The van der Waals surface area contributed by atoms with Crippen LogP contribution in [-0.2, 0) is 13.2 Å². The fourth-order valence-electron chi connectivity index (χ4n) is 1.98. The van der Waals surface area contributed by atoms with E-state index < -0.39 is 0 Å². The Morgan fingerprint density at radius 1 is 1.05 bits per heavy atom. The maximum Gasteiger partial charge on any atom is 0.175 e. The van der Waals surface area contributed by atoms with E-state index in [1.165, 1.54) is 5.56 Å². The summed E-state index contributed by atoms with van der Waals surface area (Å²) >= 11 is 3.53. The van der Waals surface area contributed by atoms with Gasteiger partial charge in [-0.3, -0.25) is 0 Å². The number of hydrogen-bond acceptors (Lipinski definition) is 3. The molecule has 0 atom stereocenters. The highest BCUT2D eigenvalue weighted by atomic mass is 79.9. The number of halogens is 1. The second kappa shape index (κ2) is 7.48. The van der Waals surface area contributed by atoms with Gasteiger partial charge in [-0.15, -0.1) is 0 Å². The van der Waals surface area contributed by atoms with Crippen LogP contribution in [0.2, 0.25) is 0 Å². The fourth-order valence-corrected chi connectivity index (χ4v) is 2.59. The van der Waals surface area contributed by atoms with Gasteiger partial charge < -0.3 is 15.2 Å². The van der Waals surface area contributed by atoms with Gasteiger partial charge in [0.25, 0.3) is 0 Å². The average molecular weight is 350 g/mol. The lowest BCUT2D eigenvalue weighted by Crippen LogP contribution is -2.03. The van der Waals surface area contributed by atoms with Crippen molar-refractivity contribution in [3.63, 3.8) is 0 Å². The highest BCUT2D eigenvalue weighted by molar-refractivity contribution is 9.10. The third kappa shape index (κ3) is 4.22. The summed E-state index contributed by atoms with van der Waals surface area (Å²) in [5.41, 5.74) is 9.06. The Balaban J connectivity index is 2.19. The SMILES string of the molecule is CCOc1cc(CN)cc(Br)c1OCc1ccc(C)cc1. The molecule has 0 fully saturated rings. The van der Waals surface area contributed by atoms with Gasteiger partial charge in [0.15, 0.2) is 11.5 Å². The molecule has 4 heteroatoms. The molecule has 2 N–H and O–H groups in total. The summed E-state index contributed by atoms with van der Waals surface area (Å²) in [4.78, 5) is 0. The van der Waals surface area contributed by atoms with Crippen molar-refractivity contribution in [2.24, 2.45) is 5.73 Å². The third-order valence-electron chi connectivity index (χ3n) is 3.11. The molecule has 0 amide bonds. The van der Waals surface area contributed by atoms with Crippen molar-refractivity contribution in [3.8, 4) is 11.5 Å². The van der Waals surface area contributed by atoms with E-state index in [-0.39, 0.29) is 0 Å². The summed E-state index contributed by atoms with van der Waals surface area (Å²) in [7, 11) is 0. The van der Waals surface area contributed by atoms with Gasteiger partial charge in [0, 0.05) is 6.54 Å². The highest BCUT2D eigenvalue weighted by Crippen LogP contribution is 2.37. The Morgan fingerprint density at radius 2 is 1.76 bits per heavy atom. The first-order valence-corrected chi connectivity index (χ1v) is 7.77. The van der Waals surface area contributed by atoms with Gasteiger partial charge in [-0.2, -0.15) is 0 Å². The fraction of sp³-hybridized carbons (Fsp3) is 0.294. The Labute approximate surface area is 134 Å². The largest absolute Gasteiger partial charge is 0.490 e. The number of rotatable bonds is 6. The van der Waals surface area contributed by atoms with E-state index in [4.69, 9.17) is 15.2 Å². The molecule has 2 aromatic rings. The Kier molecular flexibility index (Phi) is 5.65. The van der Waals surface area contributed by atoms with Crippen molar-refractivity contribution >= 4 is 15.9 Å². The zero-order valence-corrected chi connectivity index (χ0v) is 13.9. The summed E-state index contributed by atoms with van der Waals surface area (Å²) in [6.45, 7) is 5.58. The van der Waals surface area contributed by atoms with Crippen molar-refractivity contribution in [1.29, 1.82) is 0 Å². The predicted molar refractivity (Wildman–Crippen MR) is 88.7 cm³/mol. The van der Waals surface area contributed by atoms with E-state index in [1.54, 1.807) is 0 Å². The van der Waals surface area contributed by atoms with Crippen LogP contribution in [0.1, 0.15) is 23.6 Å². The standard InChI is InChI=1S/C17H20BrNO2/c1-3-20-16-9-14(10-19)8-15(18)17(16)21-11-13-6-4-12(2)5-7-13/h4-9H,3,10-11,19H2,1-2H3. The van der Waals surface area contributed by atoms with Crippen LogP contribution in [0.4, 0.5) is 0 Å². The highest BCUT2D eigenvalue weighted by Gasteiger charge is 2.12. The van der Waals surface area contributed by atoms with Crippen LogP contribution in [0.3, 0.4) is 0 Å². The van der Waals surface area contributed by atoms with Crippen molar-refractivity contribution in [3.05, 3.63) is 57.6 Å². The zero-order chi connectivity index (χ0) is 15.2. The molecule has 21 heavy (non-hydrogen) atoms. The third-order valence-corrected chi connectivity index (χ3v) is 3.70. The summed E-state index contributed by atoms with van der Waals surface area (Å²) in [5.74, 6) is 1.44. The van der Waals surface area contributed by atoms with Crippen LogP contribution < -0.4 is 15.2 Å². The maximum absolute atomic E-state index is 5.93. The first-order valence-electron chi connectivity index (χ1n) is 6.97. The topological polar surface area (TPSA) is 44.5 Å². The molecule has 0 spiro atoms. The monoisotopic (exact) mass is 349 g/mol. The first-order chi connectivity index (χ1) is 10.1. The van der Waals surface area contributed by atoms with E-state index in [2.05, 4.69) is 47.1 Å². The van der Waals surface area contributed by atoms with Crippen LogP contribution in [0, 0.1) is 6.92 Å². The molecule has 0 aromatic heterocycles. The summed E-state index contributed by atoms with van der Waals surface area (Å²) < 4.78 is 12.5. The van der Waals surface area contributed by atoms with Crippen molar-refractivity contribution in [1.82, 2.24) is 0 Å². The van der Waals surface area contributed by atoms with Crippen LogP contribution in [0.25, 0.3) is 0 Å². The van der Waals surface area contributed by atoms with Gasteiger partial charge in [0.2, 0.25) is 0 Å². The minimum atomic E-state index is 0.469. The van der Waals surface area contributed by atoms with Gasteiger partial charge in [-0.1, -0.05) is 29.8 Å². The summed E-state index contributed by atoms with van der Waals surface area (Å²) in [5, 5.41) is 0. The minimum absolute atomic E-state index is 0.469. The molecule has 0 aliphatic carbocycles. The van der Waals surface area contributed by atoms with Gasteiger partial charge >= 0.3 is 0 Å². The lowest BCUT2D eigenvalue weighted by atomic mass is 10.1. The van der Waals surface area contributed by atoms with E-state index in [0.717, 1.165) is 27.1 Å². The second-order valence-electron chi connectivity index (χ2n) is 4.82. The molecule has 112 valence electrons. The van der Waals surface area contributed by atoms with E-state index in [0.29, 0.717) is 19.8 Å². The Morgan fingerprint density at radius 3 is 2.38 bits per heavy atom. The van der Waals surface area contributed by atoms with Crippen molar-refractivity contribution in [2.75, 3.05) is 6.61 Å². The molecule has 0 bridgehead atoms. The molecule has 2 rings (SSSR count). The smallest absolute Gasteiger partial charge is 0.175 e. The zero-order valence-electron chi connectivity index (χ0n) is 12.4. The molecule has 3 nitrogen and oxygen atoms in total. The van der Waals surface area contributed by atoms with E-state index in [1.807, 2.05) is 19.1 Å². The molecule has 0 saturated heterocycles.